The quantitative estimate of drug-likeness (QED) is 0.758. The topological polar surface area (TPSA) is 43.4 Å². The Kier molecular flexibility index (Phi) is 6.19. The Morgan fingerprint density at radius 3 is 2.81 bits per heavy atom. The van der Waals surface area contributed by atoms with Crippen molar-refractivity contribution in [1.82, 2.24) is 10.3 Å². The largest absolute Gasteiger partial charge is 0.487 e. The molecule has 1 aromatic carbocycles. The summed E-state index contributed by atoms with van der Waals surface area (Å²) in [6, 6.07) is 14.1. The second-order valence-corrected chi connectivity index (χ2v) is 4.88. The first kappa shape index (κ1) is 15.5. The third-order valence-electron chi connectivity index (χ3n) is 3.04. The van der Waals surface area contributed by atoms with Gasteiger partial charge >= 0.3 is 0 Å². The van der Waals surface area contributed by atoms with Crippen LogP contribution in [0.2, 0.25) is 0 Å². The summed E-state index contributed by atoms with van der Waals surface area (Å²) in [5.41, 5.74) is 3.15. The van der Waals surface area contributed by atoms with Crippen molar-refractivity contribution in [3.8, 4) is 5.75 Å². The minimum atomic E-state index is 0.488. The third kappa shape index (κ3) is 5.53. The van der Waals surface area contributed by atoms with Crippen molar-refractivity contribution in [3.05, 3.63) is 59.4 Å². The normalized spacial score (nSPS) is 10.6. The van der Waals surface area contributed by atoms with Gasteiger partial charge in [0.2, 0.25) is 0 Å². The maximum Gasteiger partial charge on any atom is 0.130 e. The van der Waals surface area contributed by atoms with Gasteiger partial charge in [0, 0.05) is 25.9 Å². The number of pyridine rings is 1. The molecule has 0 aliphatic heterocycles. The van der Waals surface area contributed by atoms with Crippen LogP contribution in [0.15, 0.2) is 42.5 Å². The highest BCUT2D eigenvalue weighted by Gasteiger charge is 2.00. The number of hydrogen-bond acceptors (Lipinski definition) is 4. The summed E-state index contributed by atoms with van der Waals surface area (Å²) >= 11 is 0. The standard InChI is InChI=1S/C17H22N2O2/c1-14-5-3-7-16(19-14)13-21-17-8-4-6-15(11-17)12-18-9-10-20-2/h3-8,11,18H,9-10,12-13H2,1-2H3. The zero-order chi connectivity index (χ0) is 14.9. The molecule has 0 amide bonds. The molecular weight excluding hydrogens is 264 g/mol. The van der Waals surface area contributed by atoms with E-state index in [2.05, 4.69) is 22.4 Å². The molecule has 0 fully saturated rings. The second-order valence-electron chi connectivity index (χ2n) is 4.88. The van der Waals surface area contributed by atoms with Crippen LogP contribution in [0.3, 0.4) is 0 Å². The van der Waals surface area contributed by atoms with E-state index in [-0.39, 0.29) is 0 Å². The van der Waals surface area contributed by atoms with Crippen LogP contribution in [0.5, 0.6) is 5.75 Å². The van der Waals surface area contributed by atoms with Crippen molar-refractivity contribution in [2.24, 2.45) is 0 Å². The van der Waals surface area contributed by atoms with Gasteiger partial charge in [0.1, 0.15) is 12.4 Å². The van der Waals surface area contributed by atoms with Crippen molar-refractivity contribution >= 4 is 0 Å². The number of benzene rings is 1. The molecule has 2 rings (SSSR count). The first-order chi connectivity index (χ1) is 10.3. The number of nitrogens with zero attached hydrogens (tertiary/aromatic N) is 1. The summed E-state index contributed by atoms with van der Waals surface area (Å²) in [5, 5.41) is 3.32. The van der Waals surface area contributed by atoms with Crippen LogP contribution in [0.25, 0.3) is 0 Å². The SMILES string of the molecule is COCCNCc1cccc(OCc2cccc(C)n2)c1. The first-order valence-corrected chi connectivity index (χ1v) is 7.12. The number of nitrogens with one attached hydrogen (secondary N) is 1. The van der Waals surface area contributed by atoms with Crippen molar-refractivity contribution in [2.45, 2.75) is 20.1 Å². The maximum absolute atomic E-state index is 5.80. The van der Waals surface area contributed by atoms with Crippen molar-refractivity contribution in [3.63, 3.8) is 0 Å². The van der Waals surface area contributed by atoms with Gasteiger partial charge in [-0.1, -0.05) is 18.2 Å². The van der Waals surface area contributed by atoms with Crippen LogP contribution in [-0.4, -0.2) is 25.2 Å². The molecule has 21 heavy (non-hydrogen) atoms. The lowest BCUT2D eigenvalue weighted by Gasteiger charge is -2.09. The van der Waals surface area contributed by atoms with Gasteiger partial charge < -0.3 is 14.8 Å². The van der Waals surface area contributed by atoms with Gasteiger partial charge in [0.25, 0.3) is 0 Å². The van der Waals surface area contributed by atoms with E-state index in [0.29, 0.717) is 6.61 Å². The zero-order valence-corrected chi connectivity index (χ0v) is 12.6. The number of methoxy groups -OCH3 is 1. The first-order valence-electron chi connectivity index (χ1n) is 7.12. The molecule has 0 atom stereocenters. The van der Waals surface area contributed by atoms with Gasteiger partial charge in [-0.2, -0.15) is 0 Å². The highest BCUT2D eigenvalue weighted by Crippen LogP contribution is 2.14. The van der Waals surface area contributed by atoms with E-state index in [1.165, 1.54) is 5.56 Å². The number of hydrogen-bond donors (Lipinski definition) is 1. The Morgan fingerprint density at radius 2 is 2.00 bits per heavy atom. The van der Waals surface area contributed by atoms with E-state index < -0.39 is 0 Å². The fourth-order valence-corrected chi connectivity index (χ4v) is 1.99. The number of aryl methyl sites for hydroxylation is 1. The van der Waals surface area contributed by atoms with Crippen LogP contribution >= 0.6 is 0 Å². The fourth-order valence-electron chi connectivity index (χ4n) is 1.99. The molecule has 0 saturated heterocycles. The molecule has 0 spiro atoms. The van der Waals surface area contributed by atoms with Crippen LogP contribution in [0, 0.1) is 6.92 Å². The number of aromatic nitrogens is 1. The molecule has 0 radical (unpaired) electrons. The molecule has 0 bridgehead atoms. The highest BCUT2D eigenvalue weighted by molar-refractivity contribution is 5.28. The van der Waals surface area contributed by atoms with Gasteiger partial charge in [0.15, 0.2) is 0 Å². The second kappa shape index (κ2) is 8.39. The average molecular weight is 286 g/mol. The van der Waals surface area contributed by atoms with Crippen molar-refractivity contribution < 1.29 is 9.47 Å². The molecule has 1 heterocycles. The fraction of sp³-hybridized carbons (Fsp3) is 0.353. The lowest BCUT2D eigenvalue weighted by Crippen LogP contribution is -2.18. The van der Waals surface area contributed by atoms with Crippen molar-refractivity contribution in [1.29, 1.82) is 0 Å². The van der Waals surface area contributed by atoms with E-state index >= 15 is 0 Å². The van der Waals surface area contributed by atoms with E-state index in [9.17, 15) is 0 Å². The summed E-state index contributed by atoms with van der Waals surface area (Å²) in [6.07, 6.45) is 0. The minimum Gasteiger partial charge on any atom is -0.487 e. The Balaban J connectivity index is 1.86. The molecule has 0 aliphatic rings. The third-order valence-corrected chi connectivity index (χ3v) is 3.04. The zero-order valence-electron chi connectivity index (χ0n) is 12.6. The summed E-state index contributed by atoms with van der Waals surface area (Å²) in [6.45, 7) is 4.84. The maximum atomic E-state index is 5.80. The lowest BCUT2D eigenvalue weighted by molar-refractivity contribution is 0.199. The molecule has 2 aromatic rings. The van der Waals surface area contributed by atoms with E-state index in [0.717, 1.165) is 36.8 Å². The predicted octanol–water partition coefficient (Wildman–Crippen LogP) is 2.71. The summed E-state index contributed by atoms with van der Waals surface area (Å²) in [4.78, 5) is 4.43. The Morgan fingerprint density at radius 1 is 1.14 bits per heavy atom. The molecule has 0 unspecified atom stereocenters. The number of ether oxygens (including phenoxy) is 2. The summed E-state index contributed by atoms with van der Waals surface area (Å²) in [7, 11) is 1.70. The number of rotatable bonds is 8. The van der Waals surface area contributed by atoms with Crippen LogP contribution in [-0.2, 0) is 17.9 Å². The molecule has 0 saturated carbocycles. The van der Waals surface area contributed by atoms with Crippen LogP contribution in [0.1, 0.15) is 17.0 Å². The molecule has 1 aromatic heterocycles. The lowest BCUT2D eigenvalue weighted by atomic mass is 10.2. The van der Waals surface area contributed by atoms with E-state index in [1.54, 1.807) is 7.11 Å². The molecule has 1 N–H and O–H groups in total. The molecule has 4 nitrogen and oxygen atoms in total. The van der Waals surface area contributed by atoms with E-state index in [1.807, 2.05) is 37.3 Å². The van der Waals surface area contributed by atoms with Gasteiger partial charge in [-0.3, -0.25) is 4.98 Å². The average Bonchev–Trinajstić information content (AvgIpc) is 2.50. The van der Waals surface area contributed by atoms with Gasteiger partial charge in [-0.25, -0.2) is 0 Å². The molecular formula is C17H22N2O2. The highest BCUT2D eigenvalue weighted by atomic mass is 16.5. The molecule has 0 aliphatic carbocycles. The van der Waals surface area contributed by atoms with Gasteiger partial charge in [-0.05, 0) is 36.8 Å². The van der Waals surface area contributed by atoms with Crippen LogP contribution < -0.4 is 10.1 Å². The Bertz CT molecular complexity index is 558. The van der Waals surface area contributed by atoms with Crippen LogP contribution in [0.4, 0.5) is 0 Å². The Labute approximate surface area is 126 Å². The molecule has 112 valence electrons. The predicted molar refractivity (Wildman–Crippen MR) is 83.3 cm³/mol. The van der Waals surface area contributed by atoms with Gasteiger partial charge in [-0.15, -0.1) is 0 Å². The van der Waals surface area contributed by atoms with Gasteiger partial charge in [0.05, 0.1) is 12.3 Å². The summed E-state index contributed by atoms with van der Waals surface area (Å²) in [5.74, 6) is 0.865. The Hall–Kier alpha value is -1.91. The smallest absolute Gasteiger partial charge is 0.130 e. The minimum absolute atomic E-state index is 0.488. The van der Waals surface area contributed by atoms with Crippen molar-refractivity contribution in [2.75, 3.05) is 20.3 Å². The van der Waals surface area contributed by atoms with E-state index in [4.69, 9.17) is 9.47 Å². The monoisotopic (exact) mass is 286 g/mol. The molecule has 4 heteroatoms. The summed E-state index contributed by atoms with van der Waals surface area (Å²) < 4.78 is 10.8.